The van der Waals surface area contributed by atoms with Crippen molar-refractivity contribution in [3.8, 4) is 11.1 Å². The number of hydrogen-bond acceptors (Lipinski definition) is 8. The van der Waals surface area contributed by atoms with Gasteiger partial charge < -0.3 is 21.1 Å². The van der Waals surface area contributed by atoms with E-state index in [9.17, 15) is 18.0 Å². The number of hydrogen-bond donors (Lipinski definition) is 4. The maximum Gasteiger partial charge on any atom is 0.319 e. The van der Waals surface area contributed by atoms with Crippen LogP contribution < -0.4 is 16.4 Å². The number of unbranched alkanes of at least 4 members (excludes halogenated alkanes) is 2. The number of thiophene rings is 1. The van der Waals surface area contributed by atoms with Crippen LogP contribution in [0.25, 0.3) is 11.1 Å². The highest BCUT2D eigenvalue weighted by molar-refractivity contribution is 8.01. The van der Waals surface area contributed by atoms with Gasteiger partial charge in [0.25, 0.3) is 0 Å². The van der Waals surface area contributed by atoms with Crippen molar-refractivity contribution in [1.29, 1.82) is 5.41 Å². The average molecular weight is 589 g/mol. The maximum atomic E-state index is 13.4. The molecule has 0 radical (unpaired) electrons. The maximum absolute atomic E-state index is 13.4. The molecule has 0 atom stereocenters. The third kappa shape index (κ3) is 8.32. The Hall–Kier alpha value is -3.35. The lowest BCUT2D eigenvalue weighted by Gasteiger charge is -2.10. The van der Waals surface area contributed by atoms with Crippen molar-refractivity contribution >= 4 is 56.5 Å². The summed E-state index contributed by atoms with van der Waals surface area (Å²) in [7, 11) is -3.82. The first-order valence-electron chi connectivity index (χ1n) is 12.3. The zero-order valence-electron chi connectivity index (χ0n) is 21.8. The first-order valence-corrected chi connectivity index (χ1v) is 15.9. The number of nitrogen functional groups attached to an aromatic ring is 1. The molecule has 9 nitrogen and oxygen atoms in total. The van der Waals surface area contributed by atoms with Gasteiger partial charge in [0.1, 0.15) is 5.84 Å². The molecule has 0 aliphatic carbocycles. The van der Waals surface area contributed by atoms with Gasteiger partial charge in [-0.25, -0.2) is 13.2 Å². The predicted octanol–water partition coefficient (Wildman–Crippen LogP) is 5.50. The van der Waals surface area contributed by atoms with Gasteiger partial charge in [0.2, 0.25) is 9.84 Å². The molecule has 0 fully saturated rings. The normalized spacial score (nSPS) is 11.1. The van der Waals surface area contributed by atoms with Crippen molar-refractivity contribution in [3.05, 3.63) is 59.5 Å². The molecule has 3 aromatic rings. The number of rotatable bonds is 13. The zero-order chi connectivity index (χ0) is 28.4. The van der Waals surface area contributed by atoms with E-state index < -0.39 is 9.84 Å². The highest BCUT2D eigenvalue weighted by Crippen LogP contribution is 2.37. The predicted molar refractivity (Wildman–Crippen MR) is 157 cm³/mol. The molecule has 0 saturated carbocycles. The molecule has 1 heterocycles. The number of sulfone groups is 1. The van der Waals surface area contributed by atoms with E-state index >= 15 is 0 Å². The van der Waals surface area contributed by atoms with E-state index in [1.54, 1.807) is 43.5 Å². The molecule has 39 heavy (non-hydrogen) atoms. The van der Waals surface area contributed by atoms with Crippen molar-refractivity contribution in [3.63, 3.8) is 0 Å². The minimum absolute atomic E-state index is 0.145. The number of carbonyl (C=O) groups is 2. The number of nitrogens with one attached hydrogen (secondary N) is 3. The molecule has 0 aliphatic heterocycles. The van der Waals surface area contributed by atoms with Crippen LogP contribution in [0.1, 0.15) is 37.5 Å². The van der Waals surface area contributed by atoms with E-state index in [1.165, 1.54) is 29.2 Å². The molecule has 208 valence electrons. The zero-order valence-corrected chi connectivity index (χ0v) is 24.2. The number of ether oxygens (including phenoxy) is 1. The monoisotopic (exact) mass is 588 g/mol. The minimum Gasteiger partial charge on any atom is -0.466 e. The fourth-order valence-corrected chi connectivity index (χ4v) is 7.62. The number of thioether (sulfide) groups is 1. The highest BCUT2D eigenvalue weighted by Gasteiger charge is 2.25. The van der Waals surface area contributed by atoms with Gasteiger partial charge in [-0.3, -0.25) is 10.2 Å². The minimum atomic E-state index is -3.82. The van der Waals surface area contributed by atoms with Crippen LogP contribution in [0.15, 0.2) is 68.6 Å². The van der Waals surface area contributed by atoms with Crippen LogP contribution >= 0.6 is 23.1 Å². The molecule has 1 aromatic heterocycles. The van der Waals surface area contributed by atoms with Gasteiger partial charge >= 0.3 is 12.0 Å². The Bertz CT molecular complexity index is 1420. The molecule has 3 rings (SSSR count). The van der Waals surface area contributed by atoms with E-state index in [2.05, 4.69) is 10.6 Å². The van der Waals surface area contributed by atoms with E-state index in [-0.39, 0.29) is 27.6 Å². The Morgan fingerprint density at radius 2 is 1.79 bits per heavy atom. The Labute approximate surface area is 237 Å². The fourth-order valence-electron chi connectivity index (χ4n) is 3.72. The average Bonchev–Trinajstić information content (AvgIpc) is 3.37. The Morgan fingerprint density at radius 1 is 1.05 bits per heavy atom. The summed E-state index contributed by atoms with van der Waals surface area (Å²) in [6, 6.07) is 14.9. The van der Waals surface area contributed by atoms with Gasteiger partial charge in [-0.15, -0.1) is 23.1 Å². The molecule has 0 bridgehead atoms. The molecule has 0 unspecified atom stereocenters. The number of carbonyl (C=O) groups excluding carboxylic acids is 2. The second-order valence-corrected chi connectivity index (χ2v) is 12.5. The molecule has 2 aromatic carbocycles. The SMILES string of the molecule is CCOC(=O)CCCCCNC(=O)Nc1ccc(-c2cccc(S(=O)(=O)c3cc(C(=N)N)sc3SC)c2)cc1. The summed E-state index contributed by atoms with van der Waals surface area (Å²) in [5, 5.41) is 13.2. The summed E-state index contributed by atoms with van der Waals surface area (Å²) < 4.78 is 32.3. The quantitative estimate of drug-likeness (QED) is 0.0677. The van der Waals surface area contributed by atoms with Crippen LogP contribution in [0.4, 0.5) is 10.5 Å². The summed E-state index contributed by atoms with van der Waals surface area (Å²) in [6.07, 6.45) is 4.46. The third-order valence-electron chi connectivity index (χ3n) is 5.68. The van der Waals surface area contributed by atoms with E-state index in [4.69, 9.17) is 15.9 Å². The summed E-state index contributed by atoms with van der Waals surface area (Å²) in [4.78, 5) is 24.2. The van der Waals surface area contributed by atoms with E-state index in [1.807, 2.05) is 18.2 Å². The van der Waals surface area contributed by atoms with Gasteiger partial charge in [-0.1, -0.05) is 30.7 Å². The molecular weight excluding hydrogens is 557 g/mol. The van der Waals surface area contributed by atoms with Crippen LogP contribution in [0.3, 0.4) is 0 Å². The van der Waals surface area contributed by atoms with Gasteiger partial charge in [-0.05, 0) is 67.5 Å². The van der Waals surface area contributed by atoms with Gasteiger partial charge in [0.05, 0.1) is 25.5 Å². The molecule has 0 saturated heterocycles. The third-order valence-corrected chi connectivity index (χ3v) is 10.0. The summed E-state index contributed by atoms with van der Waals surface area (Å²) in [6.45, 7) is 2.65. The lowest BCUT2D eigenvalue weighted by atomic mass is 10.1. The molecule has 0 aliphatic rings. The Balaban J connectivity index is 1.60. The van der Waals surface area contributed by atoms with Crippen molar-refractivity contribution < 1.29 is 22.7 Å². The second-order valence-electron chi connectivity index (χ2n) is 8.49. The smallest absolute Gasteiger partial charge is 0.319 e. The molecular formula is C27H32N4O5S3. The van der Waals surface area contributed by atoms with Crippen molar-refractivity contribution in [1.82, 2.24) is 5.32 Å². The number of benzene rings is 2. The van der Waals surface area contributed by atoms with E-state index in [0.717, 1.165) is 24.8 Å². The Morgan fingerprint density at radius 3 is 2.46 bits per heavy atom. The number of urea groups is 1. The first-order chi connectivity index (χ1) is 18.6. The van der Waals surface area contributed by atoms with Crippen molar-refractivity contribution in [2.24, 2.45) is 5.73 Å². The molecule has 12 heteroatoms. The van der Waals surface area contributed by atoms with Crippen LogP contribution in [-0.4, -0.2) is 45.7 Å². The largest absolute Gasteiger partial charge is 0.466 e. The molecule has 5 N–H and O–H groups in total. The van der Waals surface area contributed by atoms with Gasteiger partial charge in [0.15, 0.2) is 0 Å². The van der Waals surface area contributed by atoms with Gasteiger partial charge in [0, 0.05) is 18.7 Å². The second kappa shape index (κ2) is 14.2. The fraction of sp³-hybridized carbons (Fsp3) is 0.296. The Kier molecular flexibility index (Phi) is 11.0. The van der Waals surface area contributed by atoms with Crippen molar-refractivity contribution in [2.75, 3.05) is 24.7 Å². The van der Waals surface area contributed by atoms with Crippen LogP contribution in [0.2, 0.25) is 0 Å². The van der Waals surface area contributed by atoms with Crippen LogP contribution in [0.5, 0.6) is 0 Å². The number of esters is 1. The summed E-state index contributed by atoms with van der Waals surface area (Å²) in [5.74, 6) is -0.366. The van der Waals surface area contributed by atoms with Crippen LogP contribution in [0, 0.1) is 5.41 Å². The molecule has 2 amide bonds. The van der Waals surface area contributed by atoms with Crippen molar-refractivity contribution in [2.45, 2.75) is 46.6 Å². The summed E-state index contributed by atoms with van der Waals surface area (Å²) in [5.41, 5.74) is 7.68. The highest BCUT2D eigenvalue weighted by atomic mass is 32.2. The number of nitrogens with two attached hydrogens (primary N) is 1. The first kappa shape index (κ1) is 30.2. The standard InChI is InChI=1S/C27H32N4O5S3/c1-3-36-24(32)10-5-4-6-15-30-27(33)31-20-13-11-18(12-14-20)19-8-7-9-21(16-19)39(34,35)23-17-22(25(28)29)38-26(23)37-2/h7-9,11-14,16-17H,3-6,10,15H2,1-2H3,(H3,28,29)(H2,30,31,33). The number of anilines is 1. The topological polar surface area (TPSA) is 151 Å². The van der Waals surface area contributed by atoms with Crippen LogP contribution in [-0.2, 0) is 19.4 Å². The molecule has 0 spiro atoms. The van der Waals surface area contributed by atoms with E-state index in [0.29, 0.717) is 39.9 Å². The lowest BCUT2D eigenvalue weighted by Crippen LogP contribution is -2.29. The van der Waals surface area contributed by atoms with Gasteiger partial charge in [-0.2, -0.15) is 0 Å². The number of amidine groups is 1. The number of amides is 2. The summed E-state index contributed by atoms with van der Waals surface area (Å²) >= 11 is 2.49. The lowest BCUT2D eigenvalue weighted by molar-refractivity contribution is -0.143.